The third kappa shape index (κ3) is 4.40. The molecular weight excluding hydrogens is 394 g/mol. The second-order valence-electron chi connectivity index (χ2n) is 6.62. The lowest BCUT2D eigenvalue weighted by molar-refractivity contribution is 0.0950. The van der Waals surface area contributed by atoms with Gasteiger partial charge >= 0.3 is 0 Å². The first-order valence-electron chi connectivity index (χ1n) is 8.91. The van der Waals surface area contributed by atoms with Crippen LogP contribution in [0.15, 0.2) is 60.0 Å². The molecule has 0 unspecified atom stereocenters. The zero-order valence-electron chi connectivity index (χ0n) is 15.0. The van der Waals surface area contributed by atoms with Crippen molar-refractivity contribution >= 4 is 32.4 Å². The average molecular weight is 414 g/mol. The van der Waals surface area contributed by atoms with Crippen molar-refractivity contribution in [2.75, 3.05) is 4.72 Å². The van der Waals surface area contributed by atoms with Gasteiger partial charge in [0.25, 0.3) is 5.91 Å². The summed E-state index contributed by atoms with van der Waals surface area (Å²) < 4.78 is 26.4. The van der Waals surface area contributed by atoms with E-state index < -0.39 is 10.0 Å². The van der Waals surface area contributed by atoms with E-state index >= 15 is 0 Å². The second-order valence-corrected chi connectivity index (χ2v) is 9.44. The van der Waals surface area contributed by atoms with E-state index in [1.807, 2.05) is 42.5 Å². The van der Waals surface area contributed by atoms with E-state index in [1.54, 1.807) is 17.5 Å². The predicted molar refractivity (Wildman–Crippen MR) is 111 cm³/mol. The number of sulfonamides is 1. The van der Waals surface area contributed by atoms with E-state index in [0.29, 0.717) is 29.2 Å². The molecule has 0 aliphatic heterocycles. The van der Waals surface area contributed by atoms with Gasteiger partial charge in [-0.05, 0) is 36.1 Å². The molecule has 0 radical (unpaired) electrons. The Morgan fingerprint density at radius 2 is 1.71 bits per heavy atom. The summed E-state index contributed by atoms with van der Waals surface area (Å²) in [5, 5.41) is 4.60. The lowest BCUT2D eigenvalue weighted by Gasteiger charge is -2.06. The number of thiazole rings is 1. The minimum Gasteiger partial charge on any atom is -0.346 e. The van der Waals surface area contributed by atoms with Crippen LogP contribution in [0.3, 0.4) is 0 Å². The number of rotatable bonds is 7. The summed E-state index contributed by atoms with van der Waals surface area (Å²) in [6.07, 6.45) is 1.40. The number of amides is 1. The minimum absolute atomic E-state index is 0.201. The molecule has 4 rings (SSSR count). The zero-order chi connectivity index (χ0) is 19.6. The van der Waals surface area contributed by atoms with Crippen molar-refractivity contribution < 1.29 is 13.2 Å². The molecule has 2 aromatic carbocycles. The minimum atomic E-state index is -3.32. The number of carbonyl (C=O) groups is 1. The molecule has 1 saturated carbocycles. The molecule has 2 N–H and O–H groups in total. The Hall–Kier alpha value is -2.71. The van der Waals surface area contributed by atoms with Crippen LogP contribution in [-0.4, -0.2) is 24.6 Å². The molecule has 0 bridgehead atoms. The molecule has 0 saturated heterocycles. The van der Waals surface area contributed by atoms with Crippen molar-refractivity contribution in [3.63, 3.8) is 0 Å². The number of carbonyl (C=O) groups excluding carboxylic acids is 1. The number of nitrogens with one attached hydrogen (secondary N) is 2. The Kier molecular flexibility index (Phi) is 5.15. The SMILES string of the molecule is O=C(NCc1csc(NS(=O)(=O)C2CC2)n1)c1ccc(-c2ccccc2)cc1. The monoisotopic (exact) mass is 413 g/mol. The van der Waals surface area contributed by atoms with Crippen LogP contribution in [0, 0.1) is 0 Å². The Labute approximate surface area is 167 Å². The number of hydrogen-bond donors (Lipinski definition) is 2. The summed E-state index contributed by atoms with van der Waals surface area (Å²) in [5.74, 6) is -0.201. The smallest absolute Gasteiger partial charge is 0.251 e. The van der Waals surface area contributed by atoms with Crippen molar-refractivity contribution in [1.82, 2.24) is 10.3 Å². The van der Waals surface area contributed by atoms with Crippen molar-refractivity contribution in [3.05, 3.63) is 71.2 Å². The van der Waals surface area contributed by atoms with Gasteiger partial charge in [0.05, 0.1) is 17.5 Å². The fourth-order valence-corrected chi connectivity index (χ4v) is 5.04. The topological polar surface area (TPSA) is 88.2 Å². The highest BCUT2D eigenvalue weighted by Gasteiger charge is 2.36. The van der Waals surface area contributed by atoms with Gasteiger partial charge in [-0.3, -0.25) is 9.52 Å². The van der Waals surface area contributed by atoms with E-state index in [0.717, 1.165) is 11.1 Å². The van der Waals surface area contributed by atoms with E-state index in [4.69, 9.17) is 0 Å². The van der Waals surface area contributed by atoms with Crippen LogP contribution in [0.25, 0.3) is 11.1 Å². The summed E-state index contributed by atoms with van der Waals surface area (Å²) in [5.41, 5.74) is 3.32. The normalized spacial score (nSPS) is 13.9. The van der Waals surface area contributed by atoms with Gasteiger partial charge in [0, 0.05) is 10.9 Å². The predicted octanol–water partition coefficient (Wildman–Crippen LogP) is 3.64. The molecular formula is C20H19N3O3S2. The van der Waals surface area contributed by atoms with E-state index in [2.05, 4.69) is 15.0 Å². The lowest BCUT2D eigenvalue weighted by atomic mass is 10.0. The third-order valence-corrected chi connectivity index (χ3v) is 7.19. The molecule has 1 fully saturated rings. The first kappa shape index (κ1) is 18.6. The summed E-state index contributed by atoms with van der Waals surface area (Å²) >= 11 is 1.22. The van der Waals surface area contributed by atoms with Crippen molar-refractivity contribution in [2.45, 2.75) is 24.6 Å². The molecule has 0 atom stereocenters. The van der Waals surface area contributed by atoms with Crippen LogP contribution < -0.4 is 10.0 Å². The van der Waals surface area contributed by atoms with Gasteiger partial charge in [0.15, 0.2) is 5.13 Å². The molecule has 28 heavy (non-hydrogen) atoms. The second kappa shape index (κ2) is 7.73. The van der Waals surface area contributed by atoms with Gasteiger partial charge in [-0.15, -0.1) is 11.3 Å². The van der Waals surface area contributed by atoms with E-state index in [-0.39, 0.29) is 17.7 Å². The molecule has 3 aromatic rings. The van der Waals surface area contributed by atoms with Gasteiger partial charge < -0.3 is 5.32 Å². The van der Waals surface area contributed by atoms with Crippen LogP contribution in [0.2, 0.25) is 0 Å². The Morgan fingerprint density at radius 3 is 2.39 bits per heavy atom. The standard InChI is InChI=1S/C20H19N3O3S2/c24-19(16-8-6-15(7-9-16)14-4-2-1-3-5-14)21-12-17-13-27-20(22-17)23-28(25,26)18-10-11-18/h1-9,13,18H,10-12H2,(H,21,24)(H,22,23). The maximum absolute atomic E-state index is 12.4. The number of anilines is 1. The average Bonchev–Trinajstić information content (AvgIpc) is 3.49. The number of aromatic nitrogens is 1. The van der Waals surface area contributed by atoms with Crippen molar-refractivity contribution in [1.29, 1.82) is 0 Å². The van der Waals surface area contributed by atoms with Crippen molar-refractivity contribution in [2.24, 2.45) is 0 Å². The highest BCUT2D eigenvalue weighted by Crippen LogP contribution is 2.30. The van der Waals surface area contributed by atoms with Crippen molar-refractivity contribution in [3.8, 4) is 11.1 Å². The van der Waals surface area contributed by atoms with Crippen LogP contribution >= 0.6 is 11.3 Å². The van der Waals surface area contributed by atoms with Gasteiger partial charge in [0.1, 0.15) is 0 Å². The molecule has 1 aromatic heterocycles. The molecule has 6 nitrogen and oxygen atoms in total. The maximum atomic E-state index is 12.4. The maximum Gasteiger partial charge on any atom is 0.251 e. The largest absolute Gasteiger partial charge is 0.346 e. The van der Waals surface area contributed by atoms with Crippen LogP contribution in [0.5, 0.6) is 0 Å². The Bertz CT molecular complexity index is 1070. The van der Waals surface area contributed by atoms with E-state index in [1.165, 1.54) is 11.3 Å². The molecule has 1 amide bonds. The number of hydrogen-bond acceptors (Lipinski definition) is 5. The molecule has 1 aliphatic rings. The Morgan fingerprint density at radius 1 is 1.04 bits per heavy atom. The highest BCUT2D eigenvalue weighted by molar-refractivity contribution is 7.93. The molecule has 1 heterocycles. The molecule has 1 aliphatic carbocycles. The fourth-order valence-electron chi connectivity index (χ4n) is 2.74. The number of nitrogens with zero attached hydrogens (tertiary/aromatic N) is 1. The summed E-state index contributed by atoms with van der Waals surface area (Å²) in [6.45, 7) is 0.237. The molecule has 8 heteroatoms. The quantitative estimate of drug-likeness (QED) is 0.619. The lowest BCUT2D eigenvalue weighted by Crippen LogP contribution is -2.23. The Balaban J connectivity index is 1.34. The van der Waals surface area contributed by atoms with Crippen LogP contribution in [0.1, 0.15) is 28.9 Å². The van der Waals surface area contributed by atoms with Gasteiger partial charge in [-0.25, -0.2) is 13.4 Å². The van der Waals surface area contributed by atoms with Gasteiger partial charge in [-0.2, -0.15) is 0 Å². The number of benzene rings is 2. The summed E-state index contributed by atoms with van der Waals surface area (Å²) in [7, 11) is -3.32. The fraction of sp³-hybridized carbons (Fsp3) is 0.200. The van der Waals surface area contributed by atoms with Crippen LogP contribution in [0.4, 0.5) is 5.13 Å². The van der Waals surface area contributed by atoms with Crippen LogP contribution in [-0.2, 0) is 16.6 Å². The summed E-state index contributed by atoms with van der Waals surface area (Å²) in [6, 6.07) is 17.4. The highest BCUT2D eigenvalue weighted by atomic mass is 32.2. The van der Waals surface area contributed by atoms with E-state index in [9.17, 15) is 13.2 Å². The summed E-state index contributed by atoms with van der Waals surface area (Å²) in [4.78, 5) is 16.6. The van der Waals surface area contributed by atoms with Gasteiger partial charge in [0.2, 0.25) is 10.0 Å². The molecule has 0 spiro atoms. The van der Waals surface area contributed by atoms with Gasteiger partial charge in [-0.1, -0.05) is 42.5 Å². The first-order valence-corrected chi connectivity index (χ1v) is 11.3. The molecule has 144 valence electrons. The zero-order valence-corrected chi connectivity index (χ0v) is 16.6. The third-order valence-electron chi connectivity index (χ3n) is 4.43. The first-order chi connectivity index (χ1) is 13.5.